The van der Waals surface area contributed by atoms with Gasteiger partial charge in [0.05, 0.1) is 0 Å². The first kappa shape index (κ1) is 9.62. The van der Waals surface area contributed by atoms with Crippen LogP contribution in [-0.4, -0.2) is 13.1 Å². The molecule has 60 valence electrons. The van der Waals surface area contributed by atoms with Gasteiger partial charge in [-0.1, -0.05) is 24.1 Å². The quantitative estimate of drug-likeness (QED) is 0.338. The van der Waals surface area contributed by atoms with Crippen molar-refractivity contribution in [1.82, 2.24) is 0 Å². The Kier molecular flexibility index (Phi) is 3.88. The third kappa shape index (κ3) is 5.08. The van der Waals surface area contributed by atoms with Crippen molar-refractivity contribution >= 4 is 0 Å². The van der Waals surface area contributed by atoms with E-state index in [0.29, 0.717) is 13.1 Å². The van der Waals surface area contributed by atoms with Gasteiger partial charge in [0.15, 0.2) is 0 Å². The number of hydrogen-bond donors (Lipinski definition) is 0. The topological polar surface area (TPSA) is 97.5 Å². The second-order valence-corrected chi connectivity index (χ2v) is 2.94. The average Bonchev–Trinajstić information content (AvgIpc) is 1.97. The summed E-state index contributed by atoms with van der Waals surface area (Å²) in [5, 5.41) is 6.79. The van der Waals surface area contributed by atoms with Gasteiger partial charge in [0, 0.05) is 22.9 Å². The van der Waals surface area contributed by atoms with Crippen LogP contribution in [0.3, 0.4) is 0 Å². The van der Waals surface area contributed by atoms with E-state index in [-0.39, 0.29) is 5.41 Å². The van der Waals surface area contributed by atoms with Gasteiger partial charge in [-0.25, -0.2) is 0 Å². The van der Waals surface area contributed by atoms with E-state index in [0.717, 1.165) is 0 Å². The molecular formula is C5H10N6. The minimum atomic E-state index is -0.238. The van der Waals surface area contributed by atoms with Crippen LogP contribution in [0.5, 0.6) is 0 Å². The maximum Gasteiger partial charge on any atom is 0.0310 e. The van der Waals surface area contributed by atoms with Crippen molar-refractivity contribution in [3.63, 3.8) is 0 Å². The van der Waals surface area contributed by atoms with Gasteiger partial charge in [0.25, 0.3) is 0 Å². The molecule has 0 aliphatic heterocycles. The van der Waals surface area contributed by atoms with Gasteiger partial charge in [-0.15, -0.1) is 0 Å². The standard InChI is InChI=1S/C5H10N6/c1-5(2,3-8-10-6)4-9-11-7/h3-4H2,1-2H3. The molecule has 6 nitrogen and oxygen atoms in total. The van der Waals surface area contributed by atoms with Crippen LogP contribution in [0, 0.1) is 5.41 Å². The number of rotatable bonds is 4. The minimum Gasteiger partial charge on any atom is -0.0934 e. The van der Waals surface area contributed by atoms with E-state index in [1.165, 1.54) is 0 Å². The molecule has 0 atom stereocenters. The summed E-state index contributed by atoms with van der Waals surface area (Å²) in [5.74, 6) is 0. The lowest BCUT2D eigenvalue weighted by molar-refractivity contribution is 0.392. The van der Waals surface area contributed by atoms with Crippen LogP contribution in [0.1, 0.15) is 13.8 Å². The van der Waals surface area contributed by atoms with E-state index in [4.69, 9.17) is 11.1 Å². The summed E-state index contributed by atoms with van der Waals surface area (Å²) in [7, 11) is 0. The molecule has 0 N–H and O–H groups in total. The Bertz CT molecular complexity index is 185. The molecule has 11 heavy (non-hydrogen) atoms. The van der Waals surface area contributed by atoms with Crippen LogP contribution in [-0.2, 0) is 0 Å². The van der Waals surface area contributed by atoms with Crippen molar-refractivity contribution < 1.29 is 0 Å². The maximum absolute atomic E-state index is 8.01. The minimum absolute atomic E-state index is 0.238. The number of azide groups is 2. The second kappa shape index (κ2) is 4.44. The summed E-state index contributed by atoms with van der Waals surface area (Å²) in [4.78, 5) is 5.24. The summed E-state index contributed by atoms with van der Waals surface area (Å²) in [6.45, 7) is 4.44. The molecule has 0 saturated carbocycles. The van der Waals surface area contributed by atoms with Crippen LogP contribution in [0.25, 0.3) is 20.9 Å². The third-order valence-electron chi connectivity index (χ3n) is 1.12. The van der Waals surface area contributed by atoms with E-state index in [9.17, 15) is 0 Å². The predicted molar refractivity (Wildman–Crippen MR) is 41.8 cm³/mol. The molecule has 0 bridgehead atoms. The van der Waals surface area contributed by atoms with Crippen LogP contribution in [0.4, 0.5) is 0 Å². The molecule has 0 unspecified atom stereocenters. The predicted octanol–water partition coefficient (Wildman–Crippen LogP) is 2.63. The van der Waals surface area contributed by atoms with E-state index in [2.05, 4.69) is 20.1 Å². The van der Waals surface area contributed by atoms with E-state index < -0.39 is 0 Å². The highest BCUT2D eigenvalue weighted by Gasteiger charge is 2.14. The summed E-state index contributed by atoms with van der Waals surface area (Å²) >= 11 is 0. The van der Waals surface area contributed by atoms with Crippen LogP contribution in [0.15, 0.2) is 10.2 Å². The van der Waals surface area contributed by atoms with Crippen LogP contribution in [0.2, 0.25) is 0 Å². The Morgan fingerprint density at radius 2 is 1.45 bits per heavy atom. The molecule has 0 spiro atoms. The second-order valence-electron chi connectivity index (χ2n) is 2.94. The molecule has 0 aliphatic rings. The fourth-order valence-corrected chi connectivity index (χ4v) is 0.496. The molecular weight excluding hydrogens is 144 g/mol. The fraction of sp³-hybridized carbons (Fsp3) is 1.00. The number of nitrogens with zero attached hydrogens (tertiary/aromatic N) is 6. The van der Waals surface area contributed by atoms with Crippen molar-refractivity contribution in [3.8, 4) is 0 Å². The highest BCUT2D eigenvalue weighted by molar-refractivity contribution is 4.74. The van der Waals surface area contributed by atoms with E-state index >= 15 is 0 Å². The SMILES string of the molecule is CC(C)(CN=[N+]=[N-])CN=[N+]=[N-]. The average molecular weight is 154 g/mol. The Morgan fingerprint density at radius 1 is 1.09 bits per heavy atom. The lowest BCUT2D eigenvalue weighted by Gasteiger charge is -2.17. The highest BCUT2D eigenvalue weighted by atomic mass is 15.2. The van der Waals surface area contributed by atoms with Gasteiger partial charge in [-0.05, 0) is 16.5 Å². The smallest absolute Gasteiger partial charge is 0.0310 e. The summed E-state index contributed by atoms with van der Waals surface area (Å²) < 4.78 is 0. The van der Waals surface area contributed by atoms with Crippen molar-refractivity contribution in [2.45, 2.75) is 13.8 Å². The van der Waals surface area contributed by atoms with E-state index in [1.54, 1.807) is 0 Å². The van der Waals surface area contributed by atoms with Crippen molar-refractivity contribution in [2.24, 2.45) is 15.6 Å². The fourth-order valence-electron chi connectivity index (χ4n) is 0.496. The molecule has 0 aromatic heterocycles. The zero-order valence-corrected chi connectivity index (χ0v) is 6.60. The molecule has 0 rings (SSSR count). The Labute approximate surface area is 64.5 Å². The van der Waals surface area contributed by atoms with Crippen LogP contribution < -0.4 is 0 Å². The zero-order chi connectivity index (χ0) is 8.74. The first-order valence-corrected chi connectivity index (χ1v) is 3.14. The molecule has 0 aliphatic carbocycles. The van der Waals surface area contributed by atoms with Gasteiger partial charge < -0.3 is 0 Å². The molecule has 6 heteroatoms. The molecule has 0 aromatic carbocycles. The Balaban J connectivity index is 3.98. The monoisotopic (exact) mass is 154 g/mol. The molecule has 0 radical (unpaired) electrons. The number of hydrogen-bond acceptors (Lipinski definition) is 2. The largest absolute Gasteiger partial charge is 0.0934 e. The maximum atomic E-state index is 8.01. The lowest BCUT2D eigenvalue weighted by Crippen LogP contribution is -2.18. The normalized spacial score (nSPS) is 9.64. The van der Waals surface area contributed by atoms with Gasteiger partial charge in [0.1, 0.15) is 0 Å². The first-order valence-electron chi connectivity index (χ1n) is 3.14. The molecule has 0 amide bonds. The van der Waals surface area contributed by atoms with Gasteiger partial charge in [-0.2, -0.15) is 0 Å². The van der Waals surface area contributed by atoms with Gasteiger partial charge >= 0.3 is 0 Å². The lowest BCUT2D eigenvalue weighted by atomic mass is 9.94. The zero-order valence-electron chi connectivity index (χ0n) is 6.60. The van der Waals surface area contributed by atoms with Gasteiger partial charge in [0.2, 0.25) is 0 Å². The first-order chi connectivity index (χ1) is 5.12. The summed E-state index contributed by atoms with van der Waals surface area (Å²) in [6, 6.07) is 0. The molecule has 0 saturated heterocycles. The van der Waals surface area contributed by atoms with Crippen molar-refractivity contribution in [3.05, 3.63) is 20.9 Å². The van der Waals surface area contributed by atoms with Crippen molar-refractivity contribution in [2.75, 3.05) is 13.1 Å². The third-order valence-corrected chi connectivity index (χ3v) is 1.12. The van der Waals surface area contributed by atoms with Crippen LogP contribution >= 0.6 is 0 Å². The summed E-state index contributed by atoms with van der Waals surface area (Å²) in [5.41, 5.74) is 15.8. The highest BCUT2D eigenvalue weighted by Crippen LogP contribution is 2.15. The van der Waals surface area contributed by atoms with E-state index in [1.807, 2.05) is 13.8 Å². The van der Waals surface area contributed by atoms with Gasteiger partial charge in [-0.3, -0.25) is 0 Å². The molecule has 0 aromatic rings. The Morgan fingerprint density at radius 3 is 1.73 bits per heavy atom. The Hall–Kier alpha value is -1.38. The van der Waals surface area contributed by atoms with Crippen molar-refractivity contribution in [1.29, 1.82) is 0 Å². The molecule has 0 fully saturated rings. The summed E-state index contributed by atoms with van der Waals surface area (Å²) in [6.07, 6.45) is 0. The molecule has 0 heterocycles.